The topological polar surface area (TPSA) is 403 Å². The summed E-state index contributed by atoms with van der Waals surface area (Å²) in [5.41, 5.74) is 25.5. The van der Waals surface area contributed by atoms with E-state index in [1.54, 1.807) is 24.3 Å². The number of benzene rings is 4. The van der Waals surface area contributed by atoms with Crippen LogP contribution in [-0.4, -0.2) is 141 Å². The molecule has 23 nitrogen and oxygen atoms in total. The van der Waals surface area contributed by atoms with Gasteiger partial charge in [0.25, 0.3) is 0 Å². The molecule has 1 unspecified atom stereocenters. The number of aliphatic hydroxyl groups excluding tert-OH is 1. The van der Waals surface area contributed by atoms with Gasteiger partial charge in [-0.2, -0.15) is 0 Å². The van der Waals surface area contributed by atoms with Crippen molar-refractivity contribution < 1.29 is 58.5 Å². The molecule has 1 aliphatic heterocycles. The molecule has 424 valence electrons. The zero-order valence-corrected chi connectivity index (χ0v) is 45.3. The molecule has 1 heterocycles. The Labute approximate surface area is 468 Å². The predicted octanol–water partition coefficient (Wildman–Crippen LogP) is -0.767. The number of carbonyl (C=O) groups excluding carboxylic acids is 9. The quantitative estimate of drug-likeness (QED) is 0.0382. The lowest BCUT2D eigenvalue weighted by atomic mass is 10.00. The van der Waals surface area contributed by atoms with Crippen LogP contribution in [0.1, 0.15) is 58.3 Å². The Bertz CT molecular complexity index is 2750. The van der Waals surface area contributed by atoms with Crippen LogP contribution >= 0.6 is 33.2 Å². The van der Waals surface area contributed by atoms with Gasteiger partial charge in [-0.1, -0.05) is 94.6 Å². The minimum Gasteiger partial charge on any atom is -0.508 e. The number of nitrogens with two attached hydrogens (primary N) is 4. The Hall–Kier alpha value is -7.42. The fourth-order valence-electron chi connectivity index (χ4n) is 8.03. The number of phenols is 2. The molecule has 0 saturated carbocycles. The van der Waals surface area contributed by atoms with Crippen molar-refractivity contribution in [2.75, 3.05) is 24.7 Å². The number of nitrogens with one attached hydrogen (secondary N) is 7. The highest BCUT2D eigenvalue weighted by atomic mass is 35.5. The molecule has 5 rings (SSSR count). The summed E-state index contributed by atoms with van der Waals surface area (Å²) in [6.07, 6.45) is 0.840. The Kier molecular flexibility index (Phi) is 24.7. The third-order valence-corrected chi connectivity index (χ3v) is 15.2. The molecule has 79 heavy (non-hydrogen) atoms. The lowest BCUT2D eigenvalue weighted by Gasteiger charge is -2.28. The Morgan fingerprint density at radius 2 is 1.09 bits per heavy atom. The predicted molar refractivity (Wildman–Crippen MR) is 298 cm³/mol. The van der Waals surface area contributed by atoms with Gasteiger partial charge in [-0.15, -0.1) is 0 Å². The third kappa shape index (κ3) is 20.4. The Morgan fingerprint density at radius 3 is 1.65 bits per heavy atom. The van der Waals surface area contributed by atoms with Gasteiger partial charge in [0.05, 0.1) is 12.6 Å². The standard InChI is InChI=1S/C53H66ClN11O12S2/c54-34-15-7-29(8-16-34)22-37(56)47(71)64-43-27-78-79-28-44(52(76)60-39(46(58)70)23-31-9-17-35(67)18-10-31)65-51(75)42(26-66)63-48(72)38(4-2-1-3-21-55)59-49(73)40(24-30-5-13-33(14-6-30)45(57)69)61-50(74)41(62-53(43)77)25-32-11-19-36(68)20-12-32/h5-20,37-44,66-68H,1-4,21-28,55-56H2,(H2,57,69)(H2,58,70)(H,59,73)(H,60,76)(H,61,74)(H,62,77)(H,63,72)(H,64,71)(H,65,75)/t37-,38-,39?,40+,41-,42-,43+,44-/m0/s1. The number of unbranched alkanes of at least 4 members (excludes halogenated alkanes) is 2. The first-order chi connectivity index (χ1) is 37.7. The molecule has 1 aliphatic rings. The van der Waals surface area contributed by atoms with Gasteiger partial charge in [-0.05, 0) is 96.6 Å². The van der Waals surface area contributed by atoms with Crippen LogP contribution < -0.4 is 60.2 Å². The van der Waals surface area contributed by atoms with Crippen LogP contribution in [0.4, 0.5) is 0 Å². The molecule has 0 aromatic heterocycles. The zero-order valence-electron chi connectivity index (χ0n) is 42.9. The molecular formula is C53H66ClN11O12S2. The van der Waals surface area contributed by atoms with E-state index in [2.05, 4.69) is 37.2 Å². The number of aromatic hydroxyl groups is 2. The second kappa shape index (κ2) is 31.2. The second-order valence-corrected chi connectivity index (χ2v) is 21.7. The van der Waals surface area contributed by atoms with Crippen molar-refractivity contribution in [1.29, 1.82) is 0 Å². The number of primary amides is 2. The second-order valence-electron chi connectivity index (χ2n) is 18.7. The summed E-state index contributed by atoms with van der Waals surface area (Å²) in [5.74, 6) is -8.72. The van der Waals surface area contributed by atoms with E-state index in [4.69, 9.17) is 34.5 Å². The van der Waals surface area contributed by atoms with Crippen LogP contribution in [0, 0.1) is 0 Å². The maximum atomic E-state index is 14.7. The first-order valence-electron chi connectivity index (χ1n) is 25.1. The lowest BCUT2D eigenvalue weighted by molar-refractivity contribution is -0.136. The number of hydrogen-bond donors (Lipinski definition) is 14. The molecule has 9 amide bonds. The number of halogens is 1. The highest BCUT2D eigenvalue weighted by molar-refractivity contribution is 8.76. The summed E-state index contributed by atoms with van der Waals surface area (Å²) in [4.78, 5) is 125. The van der Waals surface area contributed by atoms with Crippen molar-refractivity contribution in [2.45, 2.75) is 99.7 Å². The van der Waals surface area contributed by atoms with E-state index in [1.165, 1.54) is 72.8 Å². The molecule has 26 heteroatoms. The van der Waals surface area contributed by atoms with Gasteiger partial charge >= 0.3 is 0 Å². The number of hydrogen-bond acceptors (Lipinski definition) is 16. The highest BCUT2D eigenvalue weighted by Crippen LogP contribution is 2.24. The molecule has 1 fully saturated rings. The van der Waals surface area contributed by atoms with Crippen LogP contribution in [0.15, 0.2) is 97.1 Å². The van der Waals surface area contributed by atoms with Gasteiger partial charge in [0.1, 0.15) is 53.8 Å². The van der Waals surface area contributed by atoms with Gasteiger partial charge in [-0.25, -0.2) is 0 Å². The van der Waals surface area contributed by atoms with Crippen LogP contribution in [0.3, 0.4) is 0 Å². The first kappa shape index (κ1) is 62.4. The summed E-state index contributed by atoms with van der Waals surface area (Å²) in [6.45, 7) is -0.667. The molecule has 4 aromatic rings. The molecule has 4 aromatic carbocycles. The van der Waals surface area contributed by atoms with Crippen molar-refractivity contribution >= 4 is 86.4 Å². The van der Waals surface area contributed by atoms with Crippen LogP contribution in [0.5, 0.6) is 11.5 Å². The van der Waals surface area contributed by atoms with Gasteiger partial charge in [0, 0.05) is 41.4 Å². The molecule has 0 aliphatic carbocycles. The fraction of sp³-hybridized carbons (Fsp3) is 0.377. The minimum absolute atomic E-state index is 0.0181. The number of amides is 9. The van der Waals surface area contributed by atoms with Crippen molar-refractivity contribution in [2.24, 2.45) is 22.9 Å². The number of aliphatic hydroxyl groups is 1. The highest BCUT2D eigenvalue weighted by Gasteiger charge is 2.35. The largest absolute Gasteiger partial charge is 0.508 e. The van der Waals surface area contributed by atoms with Crippen molar-refractivity contribution in [3.05, 3.63) is 130 Å². The monoisotopic (exact) mass is 1150 g/mol. The van der Waals surface area contributed by atoms with E-state index in [-0.39, 0.29) is 60.7 Å². The minimum atomic E-state index is -1.72. The van der Waals surface area contributed by atoms with E-state index >= 15 is 0 Å². The van der Waals surface area contributed by atoms with E-state index in [9.17, 15) is 58.5 Å². The molecule has 0 spiro atoms. The van der Waals surface area contributed by atoms with E-state index in [0.717, 1.165) is 21.6 Å². The Morgan fingerprint density at radius 1 is 0.608 bits per heavy atom. The Balaban J connectivity index is 1.56. The summed E-state index contributed by atoms with van der Waals surface area (Å²) in [6, 6.07) is 12.3. The van der Waals surface area contributed by atoms with E-state index in [0.29, 0.717) is 53.1 Å². The third-order valence-electron chi connectivity index (χ3n) is 12.5. The van der Waals surface area contributed by atoms with Crippen LogP contribution in [0.2, 0.25) is 5.02 Å². The van der Waals surface area contributed by atoms with Gasteiger partial charge in [0.2, 0.25) is 53.2 Å². The zero-order chi connectivity index (χ0) is 57.6. The van der Waals surface area contributed by atoms with E-state index < -0.39 is 108 Å². The van der Waals surface area contributed by atoms with Gasteiger partial charge < -0.3 is 75.5 Å². The molecule has 18 N–H and O–H groups in total. The average Bonchev–Trinajstić information content (AvgIpc) is 3.43. The molecule has 8 atom stereocenters. The summed E-state index contributed by atoms with van der Waals surface area (Å²) in [5, 5.41) is 49.2. The first-order valence-corrected chi connectivity index (χ1v) is 28.0. The van der Waals surface area contributed by atoms with Gasteiger partial charge in [-0.3, -0.25) is 43.2 Å². The molecule has 0 bridgehead atoms. The van der Waals surface area contributed by atoms with Crippen LogP contribution in [0.25, 0.3) is 0 Å². The molecule has 0 radical (unpaired) electrons. The maximum absolute atomic E-state index is 14.7. The smallest absolute Gasteiger partial charge is 0.248 e. The molecule has 1 saturated heterocycles. The lowest BCUT2D eigenvalue weighted by Crippen LogP contribution is -2.61. The summed E-state index contributed by atoms with van der Waals surface area (Å²) < 4.78 is 0. The average molecular weight is 1150 g/mol. The fourth-order valence-corrected chi connectivity index (χ4v) is 10.5. The molecular weight excluding hydrogens is 1080 g/mol. The van der Waals surface area contributed by atoms with E-state index in [1.807, 2.05) is 0 Å². The van der Waals surface area contributed by atoms with Crippen LogP contribution in [-0.2, 0) is 64.0 Å². The number of rotatable bonds is 20. The van der Waals surface area contributed by atoms with Gasteiger partial charge in [0.15, 0.2) is 0 Å². The number of carbonyl (C=O) groups is 9. The maximum Gasteiger partial charge on any atom is 0.248 e. The summed E-state index contributed by atoms with van der Waals surface area (Å²) >= 11 is 6.07. The SMILES string of the molecule is NCCCCC[C@@H]1NC(=O)[C@@H](Cc2ccc(C(N)=O)cc2)NC(=O)[C@H](Cc2ccc(O)cc2)NC(=O)[C@H](NC(=O)[C@@H](N)Cc2ccc(Cl)cc2)CSSC[C@@H](C(=O)NC(Cc2ccc(O)cc2)C(N)=O)NC(=O)[C@H](CO)NC1=O. The van der Waals surface area contributed by atoms with Crippen molar-refractivity contribution in [3.63, 3.8) is 0 Å². The van der Waals surface area contributed by atoms with Crippen molar-refractivity contribution in [1.82, 2.24) is 37.2 Å². The van der Waals surface area contributed by atoms with Crippen molar-refractivity contribution in [3.8, 4) is 11.5 Å². The normalized spacial score (nSPS) is 20.6. The number of phenolic OH excluding ortho intramolecular Hbond substituents is 2. The summed E-state index contributed by atoms with van der Waals surface area (Å²) in [7, 11) is 1.90.